The number of amides is 1. The molecule has 32 heavy (non-hydrogen) atoms. The van der Waals surface area contributed by atoms with E-state index in [1.54, 1.807) is 6.07 Å². The molecule has 0 radical (unpaired) electrons. The first-order chi connectivity index (χ1) is 15.3. The number of carbonyl (C=O) groups excluding carboxylic acids is 1. The number of nitrogens with one attached hydrogen (secondary N) is 1. The summed E-state index contributed by atoms with van der Waals surface area (Å²) in [6.45, 7) is 1.97. The van der Waals surface area contributed by atoms with E-state index in [4.69, 9.17) is 16.3 Å². The predicted octanol–water partition coefficient (Wildman–Crippen LogP) is 4.16. The lowest BCUT2D eigenvalue weighted by Gasteiger charge is -2.23. The number of halogens is 1. The first-order valence-corrected chi connectivity index (χ1v) is 11.8. The fourth-order valence-electron chi connectivity index (χ4n) is 3.13. The molecule has 0 fully saturated rings. The Hall–Kier alpha value is -2.87. The Labute approximate surface area is 193 Å². The zero-order valence-electron chi connectivity index (χ0n) is 17.9. The molecule has 0 saturated carbocycles. The summed E-state index contributed by atoms with van der Waals surface area (Å²) in [5.74, 6) is -0.251. The number of benzene rings is 3. The van der Waals surface area contributed by atoms with Crippen LogP contribution in [0.25, 0.3) is 0 Å². The van der Waals surface area contributed by atoms with Crippen LogP contribution in [-0.4, -0.2) is 32.3 Å². The van der Waals surface area contributed by atoms with E-state index in [-0.39, 0.29) is 28.8 Å². The lowest BCUT2D eigenvalue weighted by Crippen LogP contribution is -2.40. The highest BCUT2D eigenvalue weighted by atomic mass is 35.5. The molecular formula is C24H25ClN2O4S. The van der Waals surface area contributed by atoms with Crippen molar-refractivity contribution in [2.75, 3.05) is 13.7 Å². The number of hydrogen-bond acceptors (Lipinski definition) is 4. The van der Waals surface area contributed by atoms with Gasteiger partial charge in [-0.05, 0) is 36.2 Å². The summed E-state index contributed by atoms with van der Waals surface area (Å²) < 4.78 is 33.4. The van der Waals surface area contributed by atoms with Crippen LogP contribution in [0, 0.1) is 6.92 Å². The maximum atomic E-state index is 13.5. The topological polar surface area (TPSA) is 75.7 Å². The van der Waals surface area contributed by atoms with Crippen LogP contribution >= 0.6 is 11.6 Å². The van der Waals surface area contributed by atoms with Crippen molar-refractivity contribution in [2.45, 2.75) is 24.9 Å². The minimum atomic E-state index is -4.09. The summed E-state index contributed by atoms with van der Waals surface area (Å²) in [6, 6.07) is 21.2. The minimum absolute atomic E-state index is 0.0246. The van der Waals surface area contributed by atoms with Gasteiger partial charge in [-0.1, -0.05) is 71.8 Å². The van der Waals surface area contributed by atoms with Gasteiger partial charge in [-0.3, -0.25) is 4.79 Å². The van der Waals surface area contributed by atoms with Crippen LogP contribution in [0.2, 0.25) is 5.02 Å². The highest BCUT2D eigenvalue weighted by Crippen LogP contribution is 2.30. The van der Waals surface area contributed by atoms with Crippen LogP contribution in [-0.2, 0) is 27.9 Å². The molecule has 0 atom stereocenters. The lowest BCUT2D eigenvalue weighted by molar-refractivity contribution is -0.121. The van der Waals surface area contributed by atoms with Crippen LogP contribution in [0.1, 0.15) is 16.7 Å². The van der Waals surface area contributed by atoms with Gasteiger partial charge in [0, 0.05) is 18.1 Å². The van der Waals surface area contributed by atoms with Gasteiger partial charge >= 0.3 is 0 Å². The molecule has 3 aromatic rings. The van der Waals surface area contributed by atoms with Crippen molar-refractivity contribution in [1.82, 2.24) is 9.62 Å². The molecule has 1 amide bonds. The second-order valence-corrected chi connectivity index (χ2v) is 9.66. The standard InChI is InChI=1S/C24H25ClN2O4S/c1-18-8-10-19(11-9-18)15-26-24(28)17-27(16-20-6-4-3-5-7-20)32(29,30)23-14-21(25)12-13-22(23)31-2/h3-14H,15-17H2,1-2H3,(H,26,28). The molecule has 0 unspecified atom stereocenters. The number of sulfonamides is 1. The normalized spacial score (nSPS) is 11.4. The number of ether oxygens (including phenoxy) is 1. The predicted molar refractivity (Wildman–Crippen MR) is 125 cm³/mol. The van der Waals surface area contributed by atoms with Gasteiger partial charge in [0.25, 0.3) is 0 Å². The number of rotatable bonds is 9. The largest absolute Gasteiger partial charge is 0.495 e. The fourth-order valence-corrected chi connectivity index (χ4v) is 4.93. The number of hydrogen-bond donors (Lipinski definition) is 1. The maximum Gasteiger partial charge on any atom is 0.247 e. The Morgan fingerprint density at radius 1 is 1.00 bits per heavy atom. The molecule has 8 heteroatoms. The Kier molecular flexibility index (Phi) is 7.90. The molecule has 3 aromatic carbocycles. The van der Waals surface area contributed by atoms with Gasteiger partial charge in [0.2, 0.25) is 15.9 Å². The first-order valence-electron chi connectivity index (χ1n) is 9.99. The van der Waals surface area contributed by atoms with Crippen LogP contribution in [0.3, 0.4) is 0 Å². The molecule has 0 aliphatic rings. The monoisotopic (exact) mass is 472 g/mol. The molecule has 0 heterocycles. The second-order valence-electron chi connectivity index (χ2n) is 7.32. The molecule has 0 saturated heterocycles. The molecule has 0 bridgehead atoms. The Morgan fingerprint density at radius 3 is 2.34 bits per heavy atom. The average molecular weight is 473 g/mol. The third-order valence-electron chi connectivity index (χ3n) is 4.88. The summed E-state index contributed by atoms with van der Waals surface area (Å²) in [6.07, 6.45) is 0. The average Bonchev–Trinajstić information content (AvgIpc) is 2.79. The van der Waals surface area contributed by atoms with Crippen LogP contribution < -0.4 is 10.1 Å². The summed E-state index contributed by atoms with van der Waals surface area (Å²) >= 11 is 6.06. The van der Waals surface area contributed by atoms with Crippen molar-refractivity contribution in [3.63, 3.8) is 0 Å². The number of methoxy groups -OCH3 is 1. The zero-order chi connectivity index (χ0) is 23.1. The van der Waals surface area contributed by atoms with Crippen molar-refractivity contribution in [2.24, 2.45) is 0 Å². The third kappa shape index (κ3) is 6.09. The van der Waals surface area contributed by atoms with Crippen molar-refractivity contribution >= 4 is 27.5 Å². The van der Waals surface area contributed by atoms with Gasteiger partial charge in [0.05, 0.1) is 13.7 Å². The van der Waals surface area contributed by atoms with E-state index < -0.39 is 15.9 Å². The third-order valence-corrected chi connectivity index (χ3v) is 6.92. The Bertz CT molecular complexity index is 1170. The first kappa shape index (κ1) is 23.8. The van der Waals surface area contributed by atoms with Gasteiger partial charge in [-0.2, -0.15) is 4.31 Å². The van der Waals surface area contributed by atoms with Gasteiger partial charge < -0.3 is 10.1 Å². The number of aryl methyl sites for hydroxylation is 1. The molecule has 0 aliphatic heterocycles. The van der Waals surface area contributed by atoms with Crippen LogP contribution in [0.4, 0.5) is 0 Å². The second kappa shape index (κ2) is 10.6. The summed E-state index contributed by atoms with van der Waals surface area (Å²) in [7, 11) is -2.70. The van der Waals surface area contributed by atoms with E-state index in [2.05, 4.69) is 5.32 Å². The molecule has 6 nitrogen and oxygen atoms in total. The molecule has 168 valence electrons. The molecule has 0 aromatic heterocycles. The van der Waals surface area contributed by atoms with Crippen LogP contribution in [0.5, 0.6) is 5.75 Å². The molecule has 3 rings (SSSR count). The Balaban J connectivity index is 1.85. The van der Waals surface area contributed by atoms with Gasteiger partial charge in [0.15, 0.2) is 0 Å². The van der Waals surface area contributed by atoms with E-state index in [0.717, 1.165) is 21.0 Å². The van der Waals surface area contributed by atoms with E-state index in [1.165, 1.54) is 19.2 Å². The minimum Gasteiger partial charge on any atom is -0.495 e. The fraction of sp³-hybridized carbons (Fsp3) is 0.208. The van der Waals surface area contributed by atoms with Crippen molar-refractivity contribution in [3.8, 4) is 5.75 Å². The molecular weight excluding hydrogens is 448 g/mol. The molecule has 0 aliphatic carbocycles. The quantitative estimate of drug-likeness (QED) is 0.507. The highest BCUT2D eigenvalue weighted by Gasteiger charge is 2.30. The van der Waals surface area contributed by atoms with E-state index in [9.17, 15) is 13.2 Å². The lowest BCUT2D eigenvalue weighted by atomic mass is 10.1. The summed E-state index contributed by atoms with van der Waals surface area (Å²) in [5, 5.41) is 3.05. The SMILES string of the molecule is COc1ccc(Cl)cc1S(=O)(=O)N(CC(=O)NCc1ccc(C)cc1)Cc1ccccc1. The van der Waals surface area contributed by atoms with Crippen LogP contribution in [0.15, 0.2) is 77.7 Å². The van der Waals surface area contributed by atoms with Gasteiger partial charge in [0.1, 0.15) is 10.6 Å². The van der Waals surface area contributed by atoms with Crippen molar-refractivity contribution in [1.29, 1.82) is 0 Å². The summed E-state index contributed by atoms with van der Waals surface area (Å²) in [4.78, 5) is 12.6. The highest BCUT2D eigenvalue weighted by molar-refractivity contribution is 7.89. The summed E-state index contributed by atoms with van der Waals surface area (Å²) in [5.41, 5.74) is 2.80. The number of nitrogens with zero attached hydrogens (tertiary/aromatic N) is 1. The van der Waals surface area contributed by atoms with Crippen molar-refractivity contribution in [3.05, 3.63) is 94.5 Å². The Morgan fingerprint density at radius 2 is 1.69 bits per heavy atom. The zero-order valence-corrected chi connectivity index (χ0v) is 19.5. The van der Waals surface area contributed by atoms with E-state index >= 15 is 0 Å². The van der Waals surface area contributed by atoms with Gasteiger partial charge in [-0.25, -0.2) is 8.42 Å². The van der Waals surface area contributed by atoms with Gasteiger partial charge in [-0.15, -0.1) is 0 Å². The number of carbonyl (C=O) groups is 1. The van der Waals surface area contributed by atoms with Crippen molar-refractivity contribution < 1.29 is 17.9 Å². The van der Waals surface area contributed by atoms with E-state index in [1.807, 2.05) is 61.5 Å². The smallest absolute Gasteiger partial charge is 0.247 e. The van der Waals surface area contributed by atoms with E-state index in [0.29, 0.717) is 6.54 Å². The molecule has 0 spiro atoms. The maximum absolute atomic E-state index is 13.5. The molecule has 1 N–H and O–H groups in total.